The molecule has 0 saturated carbocycles. The first-order valence-electron chi connectivity index (χ1n) is 7.23. The minimum absolute atomic E-state index is 0.0311. The molecule has 1 atom stereocenters. The van der Waals surface area contributed by atoms with Crippen LogP contribution in [0.3, 0.4) is 0 Å². The van der Waals surface area contributed by atoms with Crippen LogP contribution in [0.1, 0.15) is 29.3 Å². The van der Waals surface area contributed by atoms with Gasteiger partial charge in [-0.3, -0.25) is 4.79 Å². The van der Waals surface area contributed by atoms with Crippen LogP contribution in [0.4, 0.5) is 4.39 Å². The molecule has 0 bridgehead atoms. The SMILES string of the molecule is CCC(C/[N+]([O-])=C/c1ccc(F)cc1)C(=O)c1ccccc1. The first kappa shape index (κ1) is 15.9. The molecule has 2 aromatic carbocycles. The Morgan fingerprint density at radius 3 is 2.41 bits per heavy atom. The molecule has 0 N–H and O–H groups in total. The second-order valence-corrected chi connectivity index (χ2v) is 5.12. The topological polar surface area (TPSA) is 43.1 Å². The van der Waals surface area contributed by atoms with Crippen LogP contribution in [0.5, 0.6) is 0 Å². The van der Waals surface area contributed by atoms with E-state index >= 15 is 0 Å². The zero-order valence-electron chi connectivity index (χ0n) is 12.4. The molecule has 114 valence electrons. The van der Waals surface area contributed by atoms with Gasteiger partial charge in [-0.25, -0.2) is 9.13 Å². The van der Waals surface area contributed by atoms with Gasteiger partial charge in [-0.05, 0) is 30.7 Å². The van der Waals surface area contributed by atoms with Crippen molar-refractivity contribution in [1.82, 2.24) is 0 Å². The highest BCUT2D eigenvalue weighted by atomic mass is 19.1. The van der Waals surface area contributed by atoms with E-state index in [9.17, 15) is 14.4 Å². The molecule has 0 saturated heterocycles. The van der Waals surface area contributed by atoms with E-state index in [0.717, 1.165) is 4.74 Å². The molecule has 4 heteroatoms. The van der Waals surface area contributed by atoms with Crippen LogP contribution in [0, 0.1) is 16.9 Å². The number of carbonyl (C=O) groups excluding carboxylic acids is 1. The van der Waals surface area contributed by atoms with E-state index < -0.39 is 0 Å². The number of carbonyl (C=O) groups is 1. The van der Waals surface area contributed by atoms with E-state index in [1.54, 1.807) is 24.3 Å². The summed E-state index contributed by atoms with van der Waals surface area (Å²) in [6.07, 6.45) is 1.96. The second kappa shape index (κ2) is 7.50. The van der Waals surface area contributed by atoms with Crippen LogP contribution in [0.15, 0.2) is 54.6 Å². The van der Waals surface area contributed by atoms with Crippen molar-refractivity contribution in [1.29, 1.82) is 0 Å². The van der Waals surface area contributed by atoms with Crippen molar-refractivity contribution in [2.45, 2.75) is 13.3 Å². The quantitative estimate of drug-likeness (QED) is 0.268. The number of halogens is 1. The summed E-state index contributed by atoms with van der Waals surface area (Å²) < 4.78 is 13.6. The highest BCUT2D eigenvalue weighted by Crippen LogP contribution is 2.13. The lowest BCUT2D eigenvalue weighted by Gasteiger charge is -2.13. The molecule has 0 aliphatic heterocycles. The van der Waals surface area contributed by atoms with Gasteiger partial charge in [0.1, 0.15) is 5.82 Å². The normalized spacial score (nSPS) is 12.9. The van der Waals surface area contributed by atoms with E-state index in [1.807, 2.05) is 13.0 Å². The number of nitrogens with zero attached hydrogens (tertiary/aromatic N) is 1. The molecule has 0 heterocycles. The standard InChI is InChI=1S/C18H18FNO2/c1-2-15(18(21)16-6-4-3-5-7-16)13-20(22)12-14-8-10-17(19)11-9-14/h3-12,15H,2,13H2,1H3/b20-12-. The van der Waals surface area contributed by atoms with Crippen LogP contribution in [0.2, 0.25) is 0 Å². The number of ketones is 1. The second-order valence-electron chi connectivity index (χ2n) is 5.12. The summed E-state index contributed by atoms with van der Waals surface area (Å²) in [4.78, 5) is 12.4. The summed E-state index contributed by atoms with van der Waals surface area (Å²) in [5.74, 6) is -0.742. The average molecular weight is 299 g/mol. The highest BCUT2D eigenvalue weighted by Gasteiger charge is 2.21. The van der Waals surface area contributed by atoms with Crippen molar-refractivity contribution in [2.24, 2.45) is 5.92 Å². The molecule has 0 spiro atoms. The van der Waals surface area contributed by atoms with Gasteiger partial charge >= 0.3 is 0 Å². The molecule has 2 aromatic rings. The van der Waals surface area contributed by atoms with Crippen LogP contribution in [-0.2, 0) is 0 Å². The number of rotatable bonds is 6. The predicted octanol–water partition coefficient (Wildman–Crippen LogP) is 3.66. The number of hydroxylamine groups is 1. The third-order valence-electron chi connectivity index (χ3n) is 3.49. The first-order valence-corrected chi connectivity index (χ1v) is 7.23. The van der Waals surface area contributed by atoms with Crippen molar-refractivity contribution in [3.8, 4) is 0 Å². The third-order valence-corrected chi connectivity index (χ3v) is 3.49. The van der Waals surface area contributed by atoms with Gasteiger partial charge in [0.2, 0.25) is 0 Å². The van der Waals surface area contributed by atoms with E-state index in [2.05, 4.69) is 0 Å². The summed E-state index contributed by atoms with van der Waals surface area (Å²) in [6.45, 7) is 1.97. The average Bonchev–Trinajstić information content (AvgIpc) is 2.55. The van der Waals surface area contributed by atoms with Crippen molar-refractivity contribution in [3.05, 3.63) is 76.7 Å². The van der Waals surface area contributed by atoms with Gasteiger partial charge in [-0.2, -0.15) is 0 Å². The van der Waals surface area contributed by atoms with Gasteiger partial charge < -0.3 is 5.21 Å². The molecule has 1 unspecified atom stereocenters. The van der Waals surface area contributed by atoms with Crippen molar-refractivity contribution >= 4 is 12.0 Å². The van der Waals surface area contributed by atoms with Crippen LogP contribution in [0.25, 0.3) is 0 Å². The van der Waals surface area contributed by atoms with Crippen molar-refractivity contribution in [3.63, 3.8) is 0 Å². The van der Waals surface area contributed by atoms with Crippen LogP contribution < -0.4 is 0 Å². The summed E-state index contributed by atoms with van der Waals surface area (Å²) >= 11 is 0. The Kier molecular flexibility index (Phi) is 5.42. The van der Waals surface area contributed by atoms with Gasteiger partial charge in [-0.1, -0.05) is 37.3 Å². The number of hydrogen-bond acceptors (Lipinski definition) is 2. The Labute approximate surface area is 129 Å². The molecule has 0 amide bonds. The van der Waals surface area contributed by atoms with Crippen molar-refractivity contribution in [2.75, 3.05) is 6.54 Å². The molecular formula is C18H18FNO2. The summed E-state index contributed by atoms with van der Waals surface area (Å²) in [6, 6.07) is 14.6. The maximum atomic E-state index is 12.8. The Hall–Kier alpha value is -2.49. The molecule has 22 heavy (non-hydrogen) atoms. The Bertz CT molecular complexity index is 651. The van der Waals surface area contributed by atoms with Gasteiger partial charge in [0.15, 0.2) is 18.5 Å². The fraction of sp³-hybridized carbons (Fsp3) is 0.222. The predicted molar refractivity (Wildman–Crippen MR) is 84.6 cm³/mol. The summed E-state index contributed by atoms with van der Waals surface area (Å²) in [5, 5.41) is 12.0. The molecule has 3 nitrogen and oxygen atoms in total. The highest BCUT2D eigenvalue weighted by molar-refractivity contribution is 5.97. The van der Waals surface area contributed by atoms with E-state index in [0.29, 0.717) is 17.5 Å². The van der Waals surface area contributed by atoms with Crippen LogP contribution in [-0.4, -0.2) is 23.3 Å². The lowest BCUT2D eigenvalue weighted by molar-refractivity contribution is -0.458. The molecular weight excluding hydrogens is 281 g/mol. The first-order chi connectivity index (χ1) is 10.6. The molecule has 0 aromatic heterocycles. The maximum absolute atomic E-state index is 12.8. The minimum Gasteiger partial charge on any atom is -0.624 e. The molecule has 0 fully saturated rings. The van der Waals surface area contributed by atoms with Crippen LogP contribution >= 0.6 is 0 Å². The maximum Gasteiger partial charge on any atom is 0.181 e. The molecule has 0 aliphatic rings. The number of benzene rings is 2. The third kappa shape index (κ3) is 4.25. The zero-order chi connectivity index (χ0) is 15.9. The van der Waals surface area contributed by atoms with Crippen molar-refractivity contribution < 1.29 is 13.9 Å². The van der Waals surface area contributed by atoms with Gasteiger partial charge in [-0.15, -0.1) is 0 Å². The van der Waals surface area contributed by atoms with Gasteiger partial charge in [0.05, 0.1) is 5.92 Å². The lowest BCUT2D eigenvalue weighted by atomic mass is 9.95. The lowest BCUT2D eigenvalue weighted by Crippen LogP contribution is -2.24. The minimum atomic E-state index is -0.364. The van der Waals surface area contributed by atoms with E-state index in [4.69, 9.17) is 0 Å². The molecule has 0 aliphatic carbocycles. The summed E-state index contributed by atoms with van der Waals surface area (Å²) in [5.41, 5.74) is 1.22. The summed E-state index contributed by atoms with van der Waals surface area (Å²) in [7, 11) is 0. The Morgan fingerprint density at radius 1 is 1.18 bits per heavy atom. The van der Waals surface area contributed by atoms with E-state index in [-0.39, 0.29) is 24.1 Å². The van der Waals surface area contributed by atoms with Gasteiger partial charge in [0.25, 0.3) is 0 Å². The smallest absolute Gasteiger partial charge is 0.181 e. The fourth-order valence-corrected chi connectivity index (χ4v) is 2.22. The zero-order valence-corrected chi connectivity index (χ0v) is 12.4. The largest absolute Gasteiger partial charge is 0.624 e. The number of Topliss-reactive ketones (excluding diaryl/α,β-unsaturated/α-hetero) is 1. The fourth-order valence-electron chi connectivity index (χ4n) is 2.22. The number of hydrogen-bond donors (Lipinski definition) is 0. The monoisotopic (exact) mass is 299 g/mol. The Balaban J connectivity index is 2.09. The Morgan fingerprint density at radius 2 is 1.82 bits per heavy atom. The molecule has 0 radical (unpaired) electrons. The van der Waals surface area contributed by atoms with E-state index in [1.165, 1.54) is 30.5 Å². The van der Waals surface area contributed by atoms with Gasteiger partial charge in [0, 0.05) is 11.1 Å². The molecule has 2 rings (SSSR count).